The van der Waals surface area contributed by atoms with Gasteiger partial charge < -0.3 is 10.2 Å². The first-order valence-corrected chi connectivity index (χ1v) is 9.79. The van der Waals surface area contributed by atoms with Crippen LogP contribution in [0.25, 0.3) is 5.69 Å². The molecule has 1 saturated heterocycles. The minimum Gasteiger partial charge on any atom is -0.331 e. The SMILES string of the molecule is Cn1nccc1CCC(=O)N1CCC[C@H]1C(=O)Nc1cccc(-n2cccn2)c1. The van der Waals surface area contributed by atoms with Crippen LogP contribution < -0.4 is 5.32 Å². The molecule has 1 atom stereocenters. The Morgan fingerprint density at radius 3 is 2.83 bits per heavy atom. The number of rotatable bonds is 6. The summed E-state index contributed by atoms with van der Waals surface area (Å²) < 4.78 is 3.51. The summed E-state index contributed by atoms with van der Waals surface area (Å²) in [6, 6.07) is 10.8. The third-order valence-corrected chi connectivity index (χ3v) is 5.28. The zero-order valence-electron chi connectivity index (χ0n) is 16.4. The van der Waals surface area contributed by atoms with E-state index in [-0.39, 0.29) is 11.8 Å². The summed E-state index contributed by atoms with van der Waals surface area (Å²) in [7, 11) is 1.86. The highest BCUT2D eigenvalue weighted by atomic mass is 16.2. The molecule has 150 valence electrons. The molecule has 0 radical (unpaired) electrons. The van der Waals surface area contributed by atoms with Crippen molar-refractivity contribution < 1.29 is 9.59 Å². The summed E-state index contributed by atoms with van der Waals surface area (Å²) >= 11 is 0. The van der Waals surface area contributed by atoms with E-state index in [0.29, 0.717) is 31.5 Å². The third kappa shape index (κ3) is 4.21. The highest BCUT2D eigenvalue weighted by molar-refractivity contribution is 5.97. The zero-order chi connectivity index (χ0) is 20.2. The standard InChI is InChI=1S/C21H24N6O2/c1-25-17(10-12-22-25)8-9-20(28)26-13-3-7-19(26)21(29)24-16-5-2-6-18(15-16)27-14-4-11-23-27/h2,4-6,10-12,14-15,19H,3,7-9,13H2,1H3,(H,24,29)/t19-/m0/s1. The molecule has 0 spiro atoms. The average molecular weight is 392 g/mol. The summed E-state index contributed by atoms with van der Waals surface area (Å²) in [5.41, 5.74) is 2.56. The predicted octanol–water partition coefficient (Wildman–Crippen LogP) is 2.17. The van der Waals surface area contributed by atoms with Gasteiger partial charge in [0.25, 0.3) is 0 Å². The summed E-state index contributed by atoms with van der Waals surface area (Å²) in [5, 5.41) is 11.3. The maximum Gasteiger partial charge on any atom is 0.247 e. The number of benzene rings is 1. The number of nitrogens with zero attached hydrogens (tertiary/aromatic N) is 5. The molecule has 29 heavy (non-hydrogen) atoms. The van der Waals surface area contributed by atoms with Crippen molar-refractivity contribution in [3.63, 3.8) is 0 Å². The van der Waals surface area contributed by atoms with Crippen LogP contribution in [0.3, 0.4) is 0 Å². The highest BCUT2D eigenvalue weighted by Crippen LogP contribution is 2.22. The second-order valence-electron chi connectivity index (χ2n) is 7.18. The van der Waals surface area contributed by atoms with Crippen LogP contribution in [0.15, 0.2) is 55.0 Å². The van der Waals surface area contributed by atoms with Crippen molar-refractivity contribution in [1.82, 2.24) is 24.5 Å². The average Bonchev–Trinajstić information content (AvgIpc) is 3.48. The van der Waals surface area contributed by atoms with Crippen LogP contribution >= 0.6 is 0 Å². The van der Waals surface area contributed by atoms with Crippen LogP contribution in [0, 0.1) is 0 Å². The van der Waals surface area contributed by atoms with Gasteiger partial charge in [-0.1, -0.05) is 6.07 Å². The van der Waals surface area contributed by atoms with Crippen molar-refractivity contribution >= 4 is 17.5 Å². The van der Waals surface area contributed by atoms with Gasteiger partial charge in [0.1, 0.15) is 6.04 Å². The first-order valence-electron chi connectivity index (χ1n) is 9.79. The highest BCUT2D eigenvalue weighted by Gasteiger charge is 2.33. The molecule has 0 saturated carbocycles. The number of anilines is 1. The quantitative estimate of drug-likeness (QED) is 0.697. The lowest BCUT2D eigenvalue weighted by molar-refractivity contribution is -0.136. The maximum absolute atomic E-state index is 12.9. The lowest BCUT2D eigenvalue weighted by Crippen LogP contribution is -2.43. The van der Waals surface area contributed by atoms with Crippen molar-refractivity contribution in [2.24, 2.45) is 7.05 Å². The predicted molar refractivity (Wildman–Crippen MR) is 108 cm³/mol. The molecule has 1 aliphatic heterocycles. The normalized spacial score (nSPS) is 16.2. The van der Waals surface area contributed by atoms with Crippen LogP contribution in [0.4, 0.5) is 5.69 Å². The van der Waals surface area contributed by atoms with Gasteiger partial charge in [-0.25, -0.2) is 4.68 Å². The van der Waals surface area contributed by atoms with E-state index in [1.165, 1.54) is 0 Å². The van der Waals surface area contributed by atoms with Gasteiger partial charge in [0.05, 0.1) is 5.69 Å². The number of carbonyl (C=O) groups excluding carboxylic acids is 2. The summed E-state index contributed by atoms with van der Waals surface area (Å²) in [4.78, 5) is 27.3. The Morgan fingerprint density at radius 1 is 1.17 bits per heavy atom. The Hall–Kier alpha value is -3.42. The summed E-state index contributed by atoms with van der Waals surface area (Å²) in [5.74, 6) is -0.136. The monoisotopic (exact) mass is 392 g/mol. The van der Waals surface area contributed by atoms with Crippen LogP contribution in [0.1, 0.15) is 25.0 Å². The van der Waals surface area contributed by atoms with Crippen LogP contribution in [0.5, 0.6) is 0 Å². The van der Waals surface area contributed by atoms with E-state index in [9.17, 15) is 9.59 Å². The van der Waals surface area contributed by atoms with Crippen molar-refractivity contribution in [2.45, 2.75) is 31.7 Å². The molecule has 0 unspecified atom stereocenters. The number of aromatic nitrogens is 4. The van der Waals surface area contributed by atoms with Crippen LogP contribution in [0.2, 0.25) is 0 Å². The molecule has 1 N–H and O–H groups in total. The van der Waals surface area contributed by atoms with Gasteiger partial charge in [0, 0.05) is 50.0 Å². The molecule has 0 bridgehead atoms. The Labute approximate surface area is 169 Å². The van der Waals surface area contributed by atoms with Gasteiger partial charge in [0.15, 0.2) is 0 Å². The molecule has 0 aliphatic carbocycles. The minimum absolute atomic E-state index is 0.00846. The number of likely N-dealkylation sites (tertiary alicyclic amines) is 1. The third-order valence-electron chi connectivity index (χ3n) is 5.28. The molecular weight excluding hydrogens is 368 g/mol. The maximum atomic E-state index is 12.9. The number of nitrogens with one attached hydrogen (secondary N) is 1. The fourth-order valence-electron chi connectivity index (χ4n) is 3.74. The molecule has 8 nitrogen and oxygen atoms in total. The minimum atomic E-state index is -0.428. The molecule has 1 aromatic carbocycles. The summed E-state index contributed by atoms with van der Waals surface area (Å²) in [6.45, 7) is 0.621. The fourth-order valence-corrected chi connectivity index (χ4v) is 3.74. The Kier molecular flexibility index (Phi) is 5.41. The van der Waals surface area contributed by atoms with Crippen molar-refractivity contribution in [3.8, 4) is 5.69 Å². The molecule has 2 aromatic heterocycles. The Bertz CT molecular complexity index is 994. The molecule has 8 heteroatoms. The van der Waals surface area contributed by atoms with E-state index in [0.717, 1.165) is 17.8 Å². The molecule has 2 amide bonds. The van der Waals surface area contributed by atoms with E-state index in [1.54, 1.807) is 26.7 Å². The Morgan fingerprint density at radius 2 is 2.07 bits per heavy atom. The molecule has 3 heterocycles. The van der Waals surface area contributed by atoms with Crippen molar-refractivity contribution in [3.05, 3.63) is 60.7 Å². The van der Waals surface area contributed by atoms with Crippen molar-refractivity contribution in [1.29, 1.82) is 0 Å². The molecule has 1 aliphatic rings. The summed E-state index contributed by atoms with van der Waals surface area (Å²) in [6.07, 6.45) is 7.79. The smallest absolute Gasteiger partial charge is 0.247 e. The lowest BCUT2D eigenvalue weighted by Gasteiger charge is -2.24. The second kappa shape index (κ2) is 8.30. The van der Waals surface area contributed by atoms with Gasteiger partial charge in [-0.15, -0.1) is 0 Å². The van der Waals surface area contributed by atoms with Gasteiger partial charge in [-0.3, -0.25) is 14.3 Å². The van der Waals surface area contributed by atoms with E-state index in [2.05, 4.69) is 15.5 Å². The van der Waals surface area contributed by atoms with Gasteiger partial charge in [0.2, 0.25) is 11.8 Å². The zero-order valence-corrected chi connectivity index (χ0v) is 16.4. The second-order valence-corrected chi connectivity index (χ2v) is 7.18. The van der Waals surface area contributed by atoms with E-state index < -0.39 is 6.04 Å². The topological polar surface area (TPSA) is 85.0 Å². The lowest BCUT2D eigenvalue weighted by atomic mass is 10.1. The van der Waals surface area contributed by atoms with E-state index >= 15 is 0 Å². The molecule has 3 aromatic rings. The first kappa shape index (κ1) is 18.9. The van der Waals surface area contributed by atoms with Gasteiger partial charge >= 0.3 is 0 Å². The molecule has 4 rings (SSSR count). The number of amides is 2. The Balaban J connectivity index is 1.39. The number of hydrogen-bond acceptors (Lipinski definition) is 4. The number of carbonyl (C=O) groups is 2. The number of hydrogen-bond donors (Lipinski definition) is 1. The number of aryl methyl sites for hydroxylation is 2. The van der Waals surface area contributed by atoms with Crippen LogP contribution in [-0.4, -0.2) is 48.9 Å². The van der Waals surface area contributed by atoms with Gasteiger partial charge in [-0.2, -0.15) is 10.2 Å². The van der Waals surface area contributed by atoms with E-state index in [1.807, 2.05) is 49.6 Å². The fraction of sp³-hybridized carbons (Fsp3) is 0.333. The molecular formula is C21H24N6O2. The first-order chi connectivity index (χ1) is 14.1. The van der Waals surface area contributed by atoms with Crippen LogP contribution in [-0.2, 0) is 23.1 Å². The van der Waals surface area contributed by atoms with Crippen molar-refractivity contribution in [2.75, 3.05) is 11.9 Å². The molecule has 1 fully saturated rings. The van der Waals surface area contributed by atoms with E-state index in [4.69, 9.17) is 0 Å². The largest absolute Gasteiger partial charge is 0.331 e. The van der Waals surface area contributed by atoms with Gasteiger partial charge in [-0.05, 0) is 49.6 Å².